The number of hydrogen-bond donors (Lipinski definition) is 0. The number of fused-ring (bicyclic) bond motifs is 29. The minimum absolute atomic E-state index is 1.10. The molecule has 0 bridgehead atoms. The van der Waals surface area contributed by atoms with Gasteiger partial charge in [-0.2, -0.15) is 0 Å². The van der Waals surface area contributed by atoms with Gasteiger partial charge in [-0.05, 0) is 239 Å². The lowest BCUT2D eigenvalue weighted by molar-refractivity contribution is 1.55. The van der Waals surface area contributed by atoms with Gasteiger partial charge in [0.1, 0.15) is 0 Å². The summed E-state index contributed by atoms with van der Waals surface area (Å²) in [5, 5.41) is 31.9. The van der Waals surface area contributed by atoms with E-state index in [4.69, 9.17) is 0 Å². The normalized spacial score (nSPS) is 11.7. The molecule has 27 aromatic rings. The molecule has 23 aromatic carbocycles. The Morgan fingerprint density at radius 3 is 0.915 bits per heavy atom. The Labute approximate surface area is 800 Å². The highest BCUT2D eigenvalue weighted by Crippen LogP contribution is 2.54. The maximum atomic E-state index is 4.03. The largest absolute Gasteiger partial charge is 0.135 e. The fraction of sp³-hybridized carbons (Fsp3) is 0. The summed E-state index contributed by atoms with van der Waals surface area (Å²) in [4.78, 5) is 0. The lowest BCUT2D eigenvalue weighted by Crippen LogP contribution is -1.90. The zero-order chi connectivity index (χ0) is 86.6. The van der Waals surface area contributed by atoms with Crippen molar-refractivity contribution in [2.75, 3.05) is 0 Å². The van der Waals surface area contributed by atoms with Crippen LogP contribution < -0.4 is 0 Å². The smallest absolute Gasteiger partial charge is 0.0440 e. The fourth-order valence-electron chi connectivity index (χ4n) is 19.7. The van der Waals surface area contributed by atoms with E-state index in [1.807, 2.05) is 45.3 Å². The summed E-state index contributed by atoms with van der Waals surface area (Å²) in [6.45, 7) is 0. The van der Waals surface area contributed by atoms with E-state index in [9.17, 15) is 0 Å². The number of rotatable bonds is 7. The molecule has 4 heterocycles. The molecule has 0 aliphatic heterocycles. The van der Waals surface area contributed by atoms with Gasteiger partial charge in [0, 0.05) is 121 Å². The molecule has 0 spiro atoms. The van der Waals surface area contributed by atoms with Crippen molar-refractivity contribution in [3.8, 4) is 77.9 Å². The summed E-state index contributed by atoms with van der Waals surface area (Å²) in [6, 6.07) is 158. The monoisotopic (exact) mass is 1980 g/mol. The van der Waals surface area contributed by atoms with Crippen LogP contribution in [0.3, 0.4) is 0 Å². The molecule has 4 aromatic heterocycles. The Morgan fingerprint density at radius 2 is 0.446 bits per heavy atom. The first-order valence-electron chi connectivity index (χ1n) is 43.5. The van der Waals surface area contributed by atoms with E-state index < -0.39 is 0 Å². The second-order valence-electron chi connectivity index (χ2n) is 33.1. The maximum Gasteiger partial charge on any atom is 0.0440 e. The minimum atomic E-state index is 1.10. The molecular weight excluding hydrogens is 1910 g/mol. The fourth-order valence-corrected chi connectivity index (χ4v) is 26.2. The van der Waals surface area contributed by atoms with Crippen LogP contribution in [0.1, 0.15) is 0 Å². The summed E-state index contributed by atoms with van der Waals surface area (Å²) < 4.78 is 15.2. The van der Waals surface area contributed by atoms with Crippen LogP contribution in [-0.2, 0) is 0 Å². The Hall–Kier alpha value is -13.1. The second kappa shape index (κ2) is 33.8. The third kappa shape index (κ3) is 14.2. The summed E-state index contributed by atoms with van der Waals surface area (Å²) in [6.07, 6.45) is 0. The summed E-state index contributed by atoms with van der Waals surface area (Å²) in [7, 11) is 0. The molecule has 8 heteroatoms. The van der Waals surface area contributed by atoms with Gasteiger partial charge in [-0.3, -0.25) is 0 Å². The number of thiophene rings is 4. The quantitative estimate of drug-likeness (QED) is 0.140. The molecule has 0 saturated carbocycles. The van der Waals surface area contributed by atoms with Crippen LogP contribution in [0.4, 0.5) is 0 Å². The van der Waals surface area contributed by atoms with Crippen molar-refractivity contribution in [3.05, 3.63) is 455 Å². The van der Waals surface area contributed by atoms with Crippen LogP contribution in [0, 0.1) is 0 Å². The van der Waals surface area contributed by atoms with Gasteiger partial charge in [-0.1, -0.05) is 403 Å². The molecule has 0 fully saturated rings. The topological polar surface area (TPSA) is 0 Å². The zero-order valence-electron chi connectivity index (χ0n) is 69.7. The van der Waals surface area contributed by atoms with Gasteiger partial charge in [-0.25, -0.2) is 0 Å². The highest BCUT2D eigenvalue weighted by Gasteiger charge is 2.25. The van der Waals surface area contributed by atoms with Crippen molar-refractivity contribution in [2.24, 2.45) is 0 Å². The molecule has 0 aliphatic carbocycles. The van der Waals surface area contributed by atoms with Crippen LogP contribution in [0.5, 0.6) is 0 Å². The first-order chi connectivity index (χ1) is 64.1. The lowest BCUT2D eigenvalue weighted by atomic mass is 9.89. The minimum Gasteiger partial charge on any atom is -0.135 e. The summed E-state index contributed by atoms with van der Waals surface area (Å²) in [5.41, 5.74) is 17.4. The second-order valence-corrected chi connectivity index (χ2v) is 40.9. The molecular formula is C122H72Br4S4. The van der Waals surface area contributed by atoms with Crippen molar-refractivity contribution in [2.45, 2.75) is 0 Å². The SMILES string of the molecule is Brc1cc(-c2ccccc2)c(-c2ccccc2)cc1-c1cc2ccccc2c2c1sc1ccc3ccccc3c12.Brc1ccc(-c2cc3ccccc3c3c2sc2ccc4ccccc4c23)cc1.Brc1ccc(-c2ccc3sc4c5ccccc5c5ccccc5c4c3c2)cc1.Brc1ccc(-c2ccccc2)cc1-c1cc2ccccc2c2c1sc1ccc3ccccc3c12. The third-order valence-corrected chi connectivity index (χ3v) is 32.8. The van der Waals surface area contributed by atoms with Crippen molar-refractivity contribution in [3.63, 3.8) is 0 Å². The van der Waals surface area contributed by atoms with Gasteiger partial charge < -0.3 is 0 Å². The number of halogens is 4. The molecule has 0 N–H and O–H groups in total. The van der Waals surface area contributed by atoms with Crippen LogP contribution in [-0.4, -0.2) is 0 Å². The predicted octanol–water partition coefficient (Wildman–Crippen LogP) is 40.2. The highest BCUT2D eigenvalue weighted by atomic mass is 79.9. The van der Waals surface area contributed by atoms with E-state index in [2.05, 4.69) is 500 Å². The highest BCUT2D eigenvalue weighted by molar-refractivity contribution is 9.11. The van der Waals surface area contributed by atoms with E-state index in [1.54, 1.807) is 0 Å². The Balaban J connectivity index is 0.0000000971. The van der Waals surface area contributed by atoms with Crippen LogP contribution in [0.2, 0.25) is 0 Å². The molecule has 0 atom stereocenters. The van der Waals surface area contributed by atoms with Crippen LogP contribution >= 0.6 is 109 Å². The van der Waals surface area contributed by atoms with E-state index in [1.165, 1.54) is 245 Å². The molecule has 0 amide bonds. The first-order valence-corrected chi connectivity index (χ1v) is 49.9. The van der Waals surface area contributed by atoms with Gasteiger partial charge in [0.25, 0.3) is 0 Å². The van der Waals surface area contributed by atoms with Crippen molar-refractivity contribution in [1.29, 1.82) is 0 Å². The molecule has 612 valence electrons. The Morgan fingerprint density at radius 1 is 0.138 bits per heavy atom. The standard InChI is InChI=1S/C38H23BrS.C32H19BrS.2C26H15BrS/c39-34-23-31(25-13-5-2-6-14-25)30(24-11-3-1-4-12-24)22-32(34)33-21-27-16-8-10-18-29(27)37-36-28-17-9-7-15-26(28)19-20-35(36)40-38(33)37;33-28-16-14-22(20-8-2-1-3-9-20)18-26(28)27-19-23-11-5-7-13-25(23)31-30-24-12-6-4-10-21(24)15-17-29(30)34-32(27)31;27-18-12-9-16(10-13-18)17-11-14-24-23(15-17)25-21-7-3-1-5-19(21)20-6-2-4-8-22(20)26(25)28-24;27-19-12-9-17(10-13-19)22-15-18-6-2-4-8-21(18)25-24-20-7-3-1-5-16(20)11-14-23(24)28-26(22)25/h1-23H;1-19H;2*1-15H. The van der Waals surface area contributed by atoms with E-state index in [-0.39, 0.29) is 0 Å². The van der Waals surface area contributed by atoms with Gasteiger partial charge in [0.15, 0.2) is 0 Å². The molecule has 0 radical (unpaired) electrons. The average Bonchev–Trinajstić information content (AvgIpc) is 1.56. The van der Waals surface area contributed by atoms with Crippen LogP contribution in [0.15, 0.2) is 455 Å². The lowest BCUT2D eigenvalue weighted by Gasteiger charge is -2.16. The average molecular weight is 1990 g/mol. The molecule has 0 aliphatic rings. The third-order valence-electron chi connectivity index (χ3n) is 25.7. The van der Waals surface area contributed by atoms with Crippen LogP contribution in [0.25, 0.3) is 245 Å². The molecule has 0 saturated heterocycles. The maximum absolute atomic E-state index is 4.03. The van der Waals surface area contributed by atoms with Gasteiger partial charge in [-0.15, -0.1) is 45.3 Å². The van der Waals surface area contributed by atoms with Crippen molar-refractivity contribution < 1.29 is 0 Å². The van der Waals surface area contributed by atoms with Crippen molar-refractivity contribution >= 4 is 276 Å². The van der Waals surface area contributed by atoms with Gasteiger partial charge >= 0.3 is 0 Å². The summed E-state index contributed by atoms with van der Waals surface area (Å²) in [5.74, 6) is 0. The molecule has 27 rings (SSSR count). The van der Waals surface area contributed by atoms with E-state index >= 15 is 0 Å². The Kier molecular flexibility index (Phi) is 20.9. The molecule has 0 unspecified atom stereocenters. The van der Waals surface area contributed by atoms with Gasteiger partial charge in [0.05, 0.1) is 0 Å². The zero-order valence-corrected chi connectivity index (χ0v) is 79.3. The molecule has 0 nitrogen and oxygen atoms in total. The van der Waals surface area contributed by atoms with E-state index in [0.717, 1.165) is 17.9 Å². The van der Waals surface area contributed by atoms with Gasteiger partial charge in [0.2, 0.25) is 0 Å². The Bertz CT molecular complexity index is 9210. The summed E-state index contributed by atoms with van der Waals surface area (Å²) >= 11 is 22.6. The number of benzene rings is 23. The van der Waals surface area contributed by atoms with E-state index in [0.29, 0.717) is 0 Å². The predicted molar refractivity (Wildman–Crippen MR) is 586 cm³/mol. The van der Waals surface area contributed by atoms with Crippen molar-refractivity contribution in [1.82, 2.24) is 0 Å². The molecule has 130 heavy (non-hydrogen) atoms. The first kappa shape index (κ1) is 80.3. The number of hydrogen-bond acceptors (Lipinski definition) is 4.